The van der Waals surface area contributed by atoms with Crippen LogP contribution in [0.15, 0.2) is 24.5 Å². The third-order valence-electron chi connectivity index (χ3n) is 2.89. The summed E-state index contributed by atoms with van der Waals surface area (Å²) < 4.78 is 0. The van der Waals surface area contributed by atoms with Gasteiger partial charge in [0.1, 0.15) is 6.33 Å². The molecule has 0 fully saturated rings. The van der Waals surface area contributed by atoms with Crippen molar-refractivity contribution in [2.24, 2.45) is 5.73 Å². The van der Waals surface area contributed by atoms with Crippen molar-refractivity contribution in [1.82, 2.24) is 9.97 Å². The van der Waals surface area contributed by atoms with Crippen LogP contribution in [0.2, 0.25) is 0 Å². The molecule has 0 aliphatic carbocycles. The van der Waals surface area contributed by atoms with Crippen LogP contribution >= 0.6 is 0 Å². The third kappa shape index (κ3) is 2.43. The first-order valence-electron chi connectivity index (χ1n) is 5.75. The molecule has 0 radical (unpaired) electrons. The number of hydrogen-bond donors (Lipinski definition) is 1. The van der Waals surface area contributed by atoms with Gasteiger partial charge in [-0.05, 0) is 12.5 Å². The Balaban J connectivity index is 2.51. The summed E-state index contributed by atoms with van der Waals surface area (Å²) in [7, 11) is 0. The monoisotopic (exact) mass is 246 g/mol. The predicted molar refractivity (Wildman–Crippen MR) is 68.2 cm³/mol. The normalized spacial score (nSPS) is 12.6. The smallest absolute Gasteiger partial charge is 0.270 e. The third-order valence-corrected chi connectivity index (χ3v) is 2.89. The number of aromatic nitrogens is 2. The molecule has 2 N–H and O–H groups in total. The first-order valence-corrected chi connectivity index (χ1v) is 5.75. The lowest BCUT2D eigenvalue weighted by molar-refractivity contribution is -0.384. The molecule has 0 aliphatic heterocycles. The molecule has 1 unspecified atom stereocenters. The second-order valence-electron chi connectivity index (χ2n) is 4.15. The molecule has 94 valence electrons. The van der Waals surface area contributed by atoms with Crippen LogP contribution in [0.4, 0.5) is 5.69 Å². The Labute approximate surface area is 104 Å². The summed E-state index contributed by atoms with van der Waals surface area (Å²) in [6.45, 7) is 2.00. The van der Waals surface area contributed by atoms with Crippen molar-refractivity contribution in [3.05, 3.63) is 40.3 Å². The maximum atomic E-state index is 10.8. The zero-order valence-corrected chi connectivity index (χ0v) is 10.0. The van der Waals surface area contributed by atoms with Gasteiger partial charge in [0.15, 0.2) is 0 Å². The van der Waals surface area contributed by atoms with Crippen LogP contribution in [-0.4, -0.2) is 20.9 Å². The summed E-state index contributed by atoms with van der Waals surface area (Å²) in [4.78, 5) is 18.6. The van der Waals surface area contributed by atoms with Crippen molar-refractivity contribution >= 4 is 16.6 Å². The highest BCUT2D eigenvalue weighted by molar-refractivity contribution is 5.83. The lowest BCUT2D eigenvalue weighted by atomic mass is 10.1. The largest absolute Gasteiger partial charge is 0.327 e. The van der Waals surface area contributed by atoms with E-state index >= 15 is 0 Å². The molecule has 6 nitrogen and oxygen atoms in total. The van der Waals surface area contributed by atoms with Crippen LogP contribution in [0.3, 0.4) is 0 Å². The van der Waals surface area contributed by atoms with E-state index in [1.165, 1.54) is 18.5 Å². The topological polar surface area (TPSA) is 94.9 Å². The summed E-state index contributed by atoms with van der Waals surface area (Å²) in [5.41, 5.74) is 7.41. The molecular weight excluding hydrogens is 232 g/mol. The van der Waals surface area contributed by atoms with Crippen LogP contribution in [0.5, 0.6) is 0 Å². The lowest BCUT2D eigenvalue weighted by Gasteiger charge is -2.09. The van der Waals surface area contributed by atoms with E-state index < -0.39 is 4.92 Å². The number of nitro benzene ring substituents is 1. The summed E-state index contributed by atoms with van der Waals surface area (Å²) in [6.07, 6.45) is 2.89. The number of nitro groups is 1. The quantitative estimate of drug-likeness (QED) is 0.655. The molecule has 1 aromatic carbocycles. The van der Waals surface area contributed by atoms with E-state index in [0.717, 1.165) is 12.1 Å². The van der Waals surface area contributed by atoms with Crippen molar-refractivity contribution in [2.45, 2.75) is 25.8 Å². The van der Waals surface area contributed by atoms with Gasteiger partial charge in [0.2, 0.25) is 0 Å². The zero-order chi connectivity index (χ0) is 13.1. The van der Waals surface area contributed by atoms with E-state index in [4.69, 9.17) is 5.73 Å². The molecule has 0 spiro atoms. The van der Waals surface area contributed by atoms with Crippen molar-refractivity contribution in [1.29, 1.82) is 0 Å². The van der Waals surface area contributed by atoms with Gasteiger partial charge < -0.3 is 5.73 Å². The van der Waals surface area contributed by atoms with E-state index in [9.17, 15) is 10.1 Å². The molecule has 0 saturated carbocycles. The number of fused-ring (bicyclic) bond motifs is 1. The predicted octanol–water partition coefficient (Wildman–Crippen LogP) is 1.82. The van der Waals surface area contributed by atoms with Crippen LogP contribution in [-0.2, 0) is 6.42 Å². The van der Waals surface area contributed by atoms with Gasteiger partial charge in [0.25, 0.3) is 5.69 Å². The van der Waals surface area contributed by atoms with Crippen LogP contribution in [0, 0.1) is 10.1 Å². The fourth-order valence-electron chi connectivity index (χ4n) is 1.77. The van der Waals surface area contributed by atoms with E-state index in [0.29, 0.717) is 17.3 Å². The highest BCUT2D eigenvalue weighted by atomic mass is 16.6. The molecule has 18 heavy (non-hydrogen) atoms. The molecule has 1 atom stereocenters. The molecule has 0 bridgehead atoms. The number of nitrogens with zero attached hydrogens (tertiary/aromatic N) is 3. The van der Waals surface area contributed by atoms with Crippen molar-refractivity contribution < 1.29 is 4.92 Å². The summed E-state index contributed by atoms with van der Waals surface area (Å²) >= 11 is 0. The number of hydrogen-bond acceptors (Lipinski definition) is 5. The first kappa shape index (κ1) is 12.4. The summed E-state index contributed by atoms with van der Waals surface area (Å²) in [5.74, 6) is 0. The maximum Gasteiger partial charge on any atom is 0.270 e. The average Bonchev–Trinajstić information content (AvgIpc) is 2.38. The van der Waals surface area contributed by atoms with Gasteiger partial charge in [0, 0.05) is 30.0 Å². The highest BCUT2D eigenvalue weighted by Crippen LogP contribution is 2.22. The SMILES string of the molecule is CCC(N)Cc1ncnc2ccc([N+](=O)[O-])cc12. The molecular formula is C12H14N4O2. The highest BCUT2D eigenvalue weighted by Gasteiger charge is 2.12. The number of nitrogens with two attached hydrogens (primary N) is 1. The van der Waals surface area contributed by atoms with Crippen LogP contribution in [0.1, 0.15) is 19.0 Å². The van der Waals surface area contributed by atoms with Gasteiger partial charge in [0.05, 0.1) is 16.1 Å². The Bertz CT molecular complexity index is 585. The minimum Gasteiger partial charge on any atom is -0.327 e. The lowest BCUT2D eigenvalue weighted by Crippen LogP contribution is -2.22. The Morgan fingerprint density at radius 3 is 2.89 bits per heavy atom. The van der Waals surface area contributed by atoms with Gasteiger partial charge in [-0.3, -0.25) is 10.1 Å². The Morgan fingerprint density at radius 1 is 1.44 bits per heavy atom. The molecule has 2 rings (SSSR count). The molecule has 1 aromatic heterocycles. The van der Waals surface area contributed by atoms with E-state index in [1.807, 2.05) is 6.92 Å². The molecule has 0 saturated heterocycles. The van der Waals surface area contributed by atoms with Crippen molar-refractivity contribution in [3.63, 3.8) is 0 Å². The number of rotatable bonds is 4. The Hall–Kier alpha value is -2.08. The minimum absolute atomic E-state index is 0.00219. The Morgan fingerprint density at radius 2 is 2.22 bits per heavy atom. The summed E-state index contributed by atoms with van der Waals surface area (Å²) in [6, 6.07) is 4.59. The van der Waals surface area contributed by atoms with Crippen molar-refractivity contribution in [2.75, 3.05) is 0 Å². The summed E-state index contributed by atoms with van der Waals surface area (Å²) in [5, 5.41) is 11.5. The van der Waals surface area contributed by atoms with Gasteiger partial charge in [-0.15, -0.1) is 0 Å². The second kappa shape index (κ2) is 5.05. The number of benzene rings is 1. The van der Waals surface area contributed by atoms with E-state index in [-0.39, 0.29) is 11.7 Å². The van der Waals surface area contributed by atoms with Crippen molar-refractivity contribution in [3.8, 4) is 0 Å². The maximum absolute atomic E-state index is 10.8. The van der Waals surface area contributed by atoms with E-state index in [2.05, 4.69) is 9.97 Å². The number of non-ortho nitro benzene ring substituents is 1. The first-order chi connectivity index (χ1) is 8.61. The minimum atomic E-state index is -0.421. The van der Waals surface area contributed by atoms with Crippen LogP contribution < -0.4 is 5.73 Å². The van der Waals surface area contributed by atoms with Gasteiger partial charge in [-0.25, -0.2) is 9.97 Å². The standard InChI is InChI=1S/C12H14N4O2/c1-2-8(13)5-12-10-6-9(16(17)18)3-4-11(10)14-7-15-12/h3-4,6-8H,2,5,13H2,1H3. The zero-order valence-electron chi connectivity index (χ0n) is 10.0. The van der Waals surface area contributed by atoms with Gasteiger partial charge in [-0.1, -0.05) is 6.92 Å². The van der Waals surface area contributed by atoms with Gasteiger partial charge >= 0.3 is 0 Å². The molecule has 2 aromatic rings. The Kier molecular flexibility index (Phi) is 3.47. The molecule has 0 aliphatic rings. The average molecular weight is 246 g/mol. The fraction of sp³-hybridized carbons (Fsp3) is 0.333. The van der Waals surface area contributed by atoms with Crippen LogP contribution in [0.25, 0.3) is 10.9 Å². The molecule has 0 amide bonds. The fourth-order valence-corrected chi connectivity index (χ4v) is 1.77. The molecule has 1 heterocycles. The van der Waals surface area contributed by atoms with Gasteiger partial charge in [-0.2, -0.15) is 0 Å². The molecule has 6 heteroatoms. The van der Waals surface area contributed by atoms with E-state index in [1.54, 1.807) is 6.07 Å². The second-order valence-corrected chi connectivity index (χ2v) is 4.15.